The molecule has 0 saturated carbocycles. The van der Waals surface area contributed by atoms with E-state index in [1.165, 1.54) is 11.1 Å². The second-order valence-electron chi connectivity index (χ2n) is 4.20. The molecule has 0 radical (unpaired) electrons. The Morgan fingerprint density at radius 1 is 1.13 bits per heavy atom. The van der Waals surface area contributed by atoms with E-state index < -0.39 is 0 Å². The fourth-order valence-electron chi connectivity index (χ4n) is 1.70. The molecule has 1 rings (SSSR count). The molecule has 0 fully saturated rings. The van der Waals surface area contributed by atoms with E-state index >= 15 is 0 Å². The van der Waals surface area contributed by atoms with Crippen LogP contribution in [0.5, 0.6) is 0 Å². The monoisotopic (exact) mass is 207 g/mol. The molecule has 2 atom stereocenters. The van der Waals surface area contributed by atoms with Gasteiger partial charge in [-0.05, 0) is 37.8 Å². The van der Waals surface area contributed by atoms with Gasteiger partial charge in [0.2, 0.25) is 0 Å². The van der Waals surface area contributed by atoms with E-state index in [0.717, 1.165) is 12.8 Å². The second kappa shape index (κ2) is 5.89. The highest BCUT2D eigenvalue weighted by Gasteiger charge is 2.07. The van der Waals surface area contributed by atoms with Gasteiger partial charge in [0, 0.05) is 13.2 Å². The molecule has 0 aliphatic rings. The molecule has 2 heteroatoms. The maximum atomic E-state index is 5.83. The van der Waals surface area contributed by atoms with Crippen molar-refractivity contribution in [1.82, 2.24) is 0 Å². The smallest absolute Gasteiger partial charge is 0.0583 e. The van der Waals surface area contributed by atoms with E-state index in [2.05, 4.69) is 31.2 Å². The summed E-state index contributed by atoms with van der Waals surface area (Å²) in [5.41, 5.74) is 8.52. The fraction of sp³-hybridized carbons (Fsp3) is 0.538. The van der Waals surface area contributed by atoms with Crippen LogP contribution in [0.1, 0.15) is 25.0 Å². The Balaban J connectivity index is 2.76. The Hall–Kier alpha value is -0.860. The lowest BCUT2D eigenvalue weighted by Gasteiger charge is -2.14. The highest BCUT2D eigenvalue weighted by atomic mass is 16.5. The van der Waals surface area contributed by atoms with Gasteiger partial charge in [-0.1, -0.05) is 24.3 Å². The van der Waals surface area contributed by atoms with Gasteiger partial charge in [-0.2, -0.15) is 0 Å². The lowest BCUT2D eigenvalue weighted by Crippen LogP contribution is -2.19. The number of rotatable bonds is 5. The highest BCUT2D eigenvalue weighted by molar-refractivity contribution is 5.28. The SMILES string of the molecule is COC(C)Cc1ccccc1CC(C)N. The normalized spacial score (nSPS) is 14.9. The molecule has 0 aromatic heterocycles. The minimum absolute atomic E-state index is 0.212. The average molecular weight is 207 g/mol. The number of nitrogens with two attached hydrogens (primary N) is 1. The third-order valence-corrected chi connectivity index (χ3v) is 2.57. The molecular weight excluding hydrogens is 186 g/mol. The van der Waals surface area contributed by atoms with Gasteiger partial charge < -0.3 is 10.5 Å². The predicted molar refractivity (Wildman–Crippen MR) is 64.0 cm³/mol. The molecule has 84 valence electrons. The van der Waals surface area contributed by atoms with Crippen LogP contribution in [0.3, 0.4) is 0 Å². The third-order valence-electron chi connectivity index (χ3n) is 2.57. The van der Waals surface area contributed by atoms with Crippen LogP contribution in [0.15, 0.2) is 24.3 Å². The van der Waals surface area contributed by atoms with Crippen LogP contribution in [0.2, 0.25) is 0 Å². The van der Waals surface area contributed by atoms with E-state index in [9.17, 15) is 0 Å². The van der Waals surface area contributed by atoms with Gasteiger partial charge in [0.05, 0.1) is 6.10 Å². The fourth-order valence-corrected chi connectivity index (χ4v) is 1.70. The summed E-state index contributed by atoms with van der Waals surface area (Å²) in [6.45, 7) is 4.12. The Bertz CT molecular complexity index is 296. The van der Waals surface area contributed by atoms with E-state index in [-0.39, 0.29) is 12.1 Å². The van der Waals surface area contributed by atoms with Gasteiger partial charge >= 0.3 is 0 Å². The summed E-state index contributed by atoms with van der Waals surface area (Å²) in [6, 6.07) is 8.67. The van der Waals surface area contributed by atoms with Crippen LogP contribution in [0.25, 0.3) is 0 Å². The van der Waals surface area contributed by atoms with Crippen LogP contribution in [-0.4, -0.2) is 19.3 Å². The van der Waals surface area contributed by atoms with Crippen LogP contribution in [0.4, 0.5) is 0 Å². The number of methoxy groups -OCH3 is 1. The first-order chi connectivity index (χ1) is 7.13. The first-order valence-electron chi connectivity index (χ1n) is 5.48. The van der Waals surface area contributed by atoms with Crippen LogP contribution >= 0.6 is 0 Å². The highest BCUT2D eigenvalue weighted by Crippen LogP contribution is 2.13. The molecule has 0 bridgehead atoms. The first kappa shape index (κ1) is 12.2. The zero-order valence-corrected chi connectivity index (χ0v) is 9.86. The summed E-state index contributed by atoms with van der Waals surface area (Å²) in [7, 11) is 1.75. The van der Waals surface area contributed by atoms with Crippen molar-refractivity contribution in [2.75, 3.05) is 7.11 Å². The molecule has 0 aliphatic heterocycles. The Labute approximate surface area is 92.4 Å². The van der Waals surface area contributed by atoms with Crippen molar-refractivity contribution in [1.29, 1.82) is 0 Å². The second-order valence-corrected chi connectivity index (χ2v) is 4.20. The quantitative estimate of drug-likeness (QED) is 0.803. The van der Waals surface area contributed by atoms with Crippen LogP contribution < -0.4 is 5.73 Å². The van der Waals surface area contributed by atoms with Gasteiger partial charge in [0.1, 0.15) is 0 Å². The predicted octanol–water partition coefficient (Wildman–Crippen LogP) is 2.15. The lowest BCUT2D eigenvalue weighted by atomic mass is 9.97. The number of hydrogen-bond donors (Lipinski definition) is 1. The summed E-state index contributed by atoms with van der Waals surface area (Å²) >= 11 is 0. The van der Waals surface area contributed by atoms with Crippen LogP contribution in [-0.2, 0) is 17.6 Å². The molecule has 0 saturated heterocycles. The van der Waals surface area contributed by atoms with Crippen molar-refractivity contribution in [3.63, 3.8) is 0 Å². The van der Waals surface area contributed by atoms with Crippen molar-refractivity contribution in [3.8, 4) is 0 Å². The van der Waals surface area contributed by atoms with Crippen LogP contribution in [0, 0.1) is 0 Å². The molecule has 2 nitrogen and oxygen atoms in total. The Morgan fingerprint density at radius 3 is 2.13 bits per heavy atom. The maximum absolute atomic E-state index is 5.83. The molecule has 1 aromatic rings. The van der Waals surface area contributed by atoms with Gasteiger partial charge in [0.25, 0.3) is 0 Å². The molecule has 0 amide bonds. The maximum Gasteiger partial charge on any atom is 0.0583 e. The molecule has 2 unspecified atom stereocenters. The lowest BCUT2D eigenvalue weighted by molar-refractivity contribution is 0.118. The van der Waals surface area contributed by atoms with Gasteiger partial charge in [0.15, 0.2) is 0 Å². The Kier molecular flexibility index (Phi) is 4.79. The van der Waals surface area contributed by atoms with Gasteiger partial charge in [-0.3, -0.25) is 0 Å². The summed E-state index contributed by atoms with van der Waals surface area (Å²) in [4.78, 5) is 0. The molecule has 2 N–H and O–H groups in total. The van der Waals surface area contributed by atoms with Crippen molar-refractivity contribution >= 4 is 0 Å². The summed E-state index contributed by atoms with van der Waals surface area (Å²) < 4.78 is 5.28. The van der Waals surface area contributed by atoms with E-state index in [1.54, 1.807) is 7.11 Å². The van der Waals surface area contributed by atoms with E-state index in [4.69, 9.17) is 10.5 Å². The zero-order valence-electron chi connectivity index (χ0n) is 9.86. The zero-order chi connectivity index (χ0) is 11.3. The minimum Gasteiger partial charge on any atom is -0.381 e. The van der Waals surface area contributed by atoms with Gasteiger partial charge in [-0.25, -0.2) is 0 Å². The first-order valence-corrected chi connectivity index (χ1v) is 5.48. The number of ether oxygens (including phenoxy) is 1. The topological polar surface area (TPSA) is 35.2 Å². The van der Waals surface area contributed by atoms with E-state index in [1.807, 2.05) is 6.92 Å². The molecular formula is C13H21NO. The van der Waals surface area contributed by atoms with E-state index in [0.29, 0.717) is 0 Å². The molecule has 15 heavy (non-hydrogen) atoms. The largest absolute Gasteiger partial charge is 0.381 e. The molecule has 0 aliphatic carbocycles. The molecule has 0 spiro atoms. The van der Waals surface area contributed by atoms with Crippen molar-refractivity contribution in [2.24, 2.45) is 5.73 Å². The average Bonchev–Trinajstić information content (AvgIpc) is 2.20. The van der Waals surface area contributed by atoms with Crippen molar-refractivity contribution in [3.05, 3.63) is 35.4 Å². The summed E-state index contributed by atoms with van der Waals surface area (Å²) in [5.74, 6) is 0. The Morgan fingerprint density at radius 2 is 1.67 bits per heavy atom. The molecule has 0 heterocycles. The van der Waals surface area contributed by atoms with Gasteiger partial charge in [-0.15, -0.1) is 0 Å². The minimum atomic E-state index is 0.212. The van der Waals surface area contributed by atoms with Crippen molar-refractivity contribution < 1.29 is 4.74 Å². The van der Waals surface area contributed by atoms with Crippen molar-refractivity contribution in [2.45, 2.75) is 38.8 Å². The third kappa shape index (κ3) is 4.02. The summed E-state index contributed by atoms with van der Waals surface area (Å²) in [5, 5.41) is 0. The summed E-state index contributed by atoms with van der Waals surface area (Å²) in [6.07, 6.45) is 2.16. The molecule has 1 aromatic carbocycles. The number of benzene rings is 1. The number of hydrogen-bond acceptors (Lipinski definition) is 2. The standard InChI is InChI=1S/C13H21NO/c1-10(14)8-12-6-4-5-7-13(12)9-11(2)15-3/h4-7,10-11H,8-9,14H2,1-3H3.